The molecule has 0 aliphatic heterocycles. The van der Waals surface area contributed by atoms with Gasteiger partial charge in [-0.1, -0.05) is 103 Å². The van der Waals surface area contributed by atoms with E-state index in [0.717, 1.165) is 66.3 Å². The number of rotatable bonds is 4. The van der Waals surface area contributed by atoms with Crippen LogP contribution in [-0.4, -0.2) is 0 Å². The van der Waals surface area contributed by atoms with Crippen molar-refractivity contribution in [2.45, 2.75) is 0 Å². The SMILES string of the molecule is c1ccc(-c2ccc(N(c3ccc4c(c3)oc3ccccc34)c3cccc4c3oc3c5ccccc5ccc43)cc2)cc1. The number of hydrogen-bond acceptors (Lipinski definition) is 3. The topological polar surface area (TPSA) is 29.5 Å². The van der Waals surface area contributed by atoms with E-state index in [1.165, 1.54) is 16.5 Å². The summed E-state index contributed by atoms with van der Waals surface area (Å²) >= 11 is 0. The highest BCUT2D eigenvalue weighted by molar-refractivity contribution is 6.17. The Balaban J connectivity index is 1.29. The Kier molecular flexibility index (Phi) is 5.20. The zero-order valence-electron chi connectivity index (χ0n) is 23.2. The van der Waals surface area contributed by atoms with Gasteiger partial charge in [0, 0.05) is 38.7 Å². The summed E-state index contributed by atoms with van der Waals surface area (Å²) in [6, 6.07) is 53.0. The molecule has 7 aromatic carbocycles. The Bertz CT molecular complexity index is 2450. The highest BCUT2D eigenvalue weighted by Crippen LogP contribution is 2.44. The van der Waals surface area contributed by atoms with E-state index < -0.39 is 0 Å². The monoisotopic (exact) mass is 551 g/mol. The van der Waals surface area contributed by atoms with Crippen LogP contribution in [0.15, 0.2) is 160 Å². The molecule has 0 fully saturated rings. The van der Waals surface area contributed by atoms with E-state index in [1.807, 2.05) is 18.2 Å². The van der Waals surface area contributed by atoms with Crippen molar-refractivity contribution in [1.82, 2.24) is 0 Å². The van der Waals surface area contributed by atoms with Gasteiger partial charge >= 0.3 is 0 Å². The Labute approximate surface area is 247 Å². The first-order valence-corrected chi connectivity index (χ1v) is 14.5. The highest BCUT2D eigenvalue weighted by atomic mass is 16.3. The van der Waals surface area contributed by atoms with Crippen molar-refractivity contribution in [3.05, 3.63) is 152 Å². The maximum atomic E-state index is 6.78. The van der Waals surface area contributed by atoms with Crippen LogP contribution in [0.3, 0.4) is 0 Å². The van der Waals surface area contributed by atoms with Gasteiger partial charge < -0.3 is 13.7 Å². The van der Waals surface area contributed by atoms with E-state index in [-0.39, 0.29) is 0 Å². The van der Waals surface area contributed by atoms with Crippen molar-refractivity contribution < 1.29 is 8.83 Å². The largest absolute Gasteiger partial charge is 0.456 e. The molecule has 3 nitrogen and oxygen atoms in total. The van der Waals surface area contributed by atoms with Crippen molar-refractivity contribution in [3.8, 4) is 11.1 Å². The molecular weight excluding hydrogens is 526 g/mol. The summed E-state index contributed by atoms with van der Waals surface area (Å²) in [5.41, 5.74) is 8.87. The first kappa shape index (κ1) is 23.9. The molecule has 2 aromatic heterocycles. The number of hydrogen-bond donors (Lipinski definition) is 0. The van der Waals surface area contributed by atoms with Crippen LogP contribution < -0.4 is 4.90 Å². The molecule has 0 amide bonds. The Morgan fingerprint density at radius 1 is 0.372 bits per heavy atom. The van der Waals surface area contributed by atoms with E-state index in [2.05, 4.69) is 138 Å². The van der Waals surface area contributed by atoms with Gasteiger partial charge in [-0.25, -0.2) is 0 Å². The summed E-state index contributed by atoms with van der Waals surface area (Å²) in [6.07, 6.45) is 0. The minimum absolute atomic E-state index is 0.852. The molecule has 43 heavy (non-hydrogen) atoms. The fourth-order valence-corrected chi connectivity index (χ4v) is 6.40. The van der Waals surface area contributed by atoms with Gasteiger partial charge in [0.15, 0.2) is 5.58 Å². The lowest BCUT2D eigenvalue weighted by Gasteiger charge is -2.25. The molecule has 0 aliphatic rings. The summed E-state index contributed by atoms with van der Waals surface area (Å²) in [7, 11) is 0. The lowest BCUT2D eigenvalue weighted by molar-refractivity contribution is 0.668. The predicted octanol–water partition coefficient (Wildman–Crippen LogP) is 11.8. The molecule has 0 bridgehead atoms. The lowest BCUT2D eigenvalue weighted by Crippen LogP contribution is -2.10. The third kappa shape index (κ3) is 3.75. The number of anilines is 3. The maximum Gasteiger partial charge on any atom is 0.159 e. The molecule has 2 heterocycles. The zero-order chi connectivity index (χ0) is 28.3. The maximum absolute atomic E-state index is 6.78. The molecule has 3 heteroatoms. The zero-order valence-corrected chi connectivity index (χ0v) is 23.2. The first-order chi connectivity index (χ1) is 21.3. The second kappa shape index (κ2) is 9.37. The minimum Gasteiger partial charge on any atom is -0.456 e. The molecule has 0 atom stereocenters. The molecule has 0 saturated heterocycles. The Hall–Kier alpha value is -5.80. The average molecular weight is 552 g/mol. The second-order valence-corrected chi connectivity index (χ2v) is 10.9. The van der Waals surface area contributed by atoms with Gasteiger partial charge in [0.05, 0.1) is 11.4 Å². The van der Waals surface area contributed by atoms with E-state index in [1.54, 1.807) is 0 Å². The summed E-state index contributed by atoms with van der Waals surface area (Å²) in [4.78, 5) is 2.27. The van der Waals surface area contributed by atoms with Gasteiger partial charge in [0.25, 0.3) is 0 Å². The Morgan fingerprint density at radius 2 is 1.02 bits per heavy atom. The first-order valence-electron chi connectivity index (χ1n) is 14.5. The van der Waals surface area contributed by atoms with Crippen LogP contribution in [0.2, 0.25) is 0 Å². The lowest BCUT2D eigenvalue weighted by atomic mass is 10.0. The van der Waals surface area contributed by atoms with Gasteiger partial charge in [-0.15, -0.1) is 0 Å². The van der Waals surface area contributed by atoms with Gasteiger partial charge in [0.1, 0.15) is 16.7 Å². The number of para-hydroxylation sites is 2. The number of nitrogens with zero attached hydrogens (tertiary/aromatic N) is 1. The molecule has 9 rings (SSSR count). The van der Waals surface area contributed by atoms with Gasteiger partial charge in [-0.05, 0) is 59.0 Å². The van der Waals surface area contributed by atoms with Crippen molar-refractivity contribution in [2.24, 2.45) is 0 Å². The smallest absolute Gasteiger partial charge is 0.159 e. The Morgan fingerprint density at radius 3 is 1.91 bits per heavy atom. The quantitative estimate of drug-likeness (QED) is 0.218. The number of fused-ring (bicyclic) bond motifs is 8. The summed E-state index contributed by atoms with van der Waals surface area (Å²) in [5, 5.41) is 6.71. The van der Waals surface area contributed by atoms with Crippen LogP contribution in [0.25, 0.3) is 65.8 Å². The van der Waals surface area contributed by atoms with Crippen LogP contribution in [0, 0.1) is 0 Å². The number of benzene rings is 7. The van der Waals surface area contributed by atoms with Gasteiger partial charge in [0.2, 0.25) is 0 Å². The van der Waals surface area contributed by atoms with E-state index in [0.29, 0.717) is 0 Å². The van der Waals surface area contributed by atoms with Crippen LogP contribution in [-0.2, 0) is 0 Å². The highest BCUT2D eigenvalue weighted by Gasteiger charge is 2.21. The molecule has 9 aromatic rings. The van der Waals surface area contributed by atoms with E-state index in [4.69, 9.17) is 8.83 Å². The minimum atomic E-state index is 0.852. The molecule has 0 radical (unpaired) electrons. The molecule has 0 N–H and O–H groups in total. The third-order valence-corrected chi connectivity index (χ3v) is 8.46. The molecular formula is C40H25NO2. The van der Waals surface area contributed by atoms with Crippen LogP contribution >= 0.6 is 0 Å². The fraction of sp³-hybridized carbons (Fsp3) is 0. The molecule has 0 unspecified atom stereocenters. The average Bonchev–Trinajstić information content (AvgIpc) is 3.64. The fourth-order valence-electron chi connectivity index (χ4n) is 6.40. The standard InChI is InChI=1S/C40H25NO2/c1-2-9-26(10-3-1)27-17-20-29(21-18-27)41(30-22-24-33-32-13-6-7-16-37(32)42-38(33)25-30)36-15-8-14-34-35-23-19-28-11-4-5-12-31(28)39(35)43-40(34)36/h1-25H. The van der Waals surface area contributed by atoms with Crippen molar-refractivity contribution in [1.29, 1.82) is 0 Å². The van der Waals surface area contributed by atoms with Gasteiger partial charge in [-0.3, -0.25) is 0 Å². The van der Waals surface area contributed by atoms with Crippen LogP contribution in [0.5, 0.6) is 0 Å². The van der Waals surface area contributed by atoms with E-state index in [9.17, 15) is 0 Å². The normalized spacial score (nSPS) is 11.7. The van der Waals surface area contributed by atoms with Crippen molar-refractivity contribution in [2.75, 3.05) is 4.90 Å². The summed E-state index contributed by atoms with van der Waals surface area (Å²) in [6.45, 7) is 0. The van der Waals surface area contributed by atoms with Crippen LogP contribution in [0.4, 0.5) is 17.1 Å². The predicted molar refractivity (Wildman–Crippen MR) is 179 cm³/mol. The summed E-state index contributed by atoms with van der Waals surface area (Å²) < 4.78 is 13.1. The molecule has 202 valence electrons. The molecule has 0 spiro atoms. The van der Waals surface area contributed by atoms with Crippen molar-refractivity contribution >= 4 is 71.7 Å². The third-order valence-electron chi connectivity index (χ3n) is 8.46. The second-order valence-electron chi connectivity index (χ2n) is 10.9. The van der Waals surface area contributed by atoms with Crippen molar-refractivity contribution in [3.63, 3.8) is 0 Å². The van der Waals surface area contributed by atoms with Gasteiger partial charge in [-0.2, -0.15) is 0 Å². The van der Waals surface area contributed by atoms with Crippen LogP contribution in [0.1, 0.15) is 0 Å². The molecule has 0 aliphatic carbocycles. The number of furan rings is 2. The molecule has 0 saturated carbocycles. The summed E-state index contributed by atoms with van der Waals surface area (Å²) in [5.74, 6) is 0. The van der Waals surface area contributed by atoms with E-state index >= 15 is 0 Å².